The van der Waals surface area contributed by atoms with Crippen LogP contribution in [0.25, 0.3) is 0 Å². The van der Waals surface area contributed by atoms with Gasteiger partial charge in [-0.25, -0.2) is 0 Å². The van der Waals surface area contributed by atoms with Crippen LogP contribution in [-0.2, 0) is 31.4 Å². The average molecular weight is 173 g/mol. The molecule has 0 saturated heterocycles. The molecular formula is HCoF2NiO. The van der Waals surface area contributed by atoms with Gasteiger partial charge in [0, 0.05) is 0 Å². The van der Waals surface area contributed by atoms with Gasteiger partial charge >= 0.3 is 42.8 Å². The first-order chi connectivity index (χ1) is 2.41. The van der Waals surface area contributed by atoms with Crippen molar-refractivity contribution in [2.45, 2.75) is 0 Å². The Hall–Kier alpha value is 0.820. The topological polar surface area (TPSA) is 20.2 Å². The molecule has 0 saturated carbocycles. The molecule has 0 spiro atoms. The zero-order chi connectivity index (χ0) is 4.71. The van der Waals surface area contributed by atoms with Gasteiger partial charge in [0.1, 0.15) is 0 Å². The molecule has 0 aliphatic rings. The number of halogens is 2. The van der Waals surface area contributed by atoms with Gasteiger partial charge in [-0.1, -0.05) is 0 Å². The van der Waals surface area contributed by atoms with Crippen molar-refractivity contribution in [2.75, 3.05) is 0 Å². The molecule has 40 valence electrons. The molecule has 0 aromatic carbocycles. The molecule has 0 amide bonds. The summed E-state index contributed by atoms with van der Waals surface area (Å²) >= 11 is 1.31. The maximum atomic E-state index is 9.59. The number of hydrogen-bond donors (Lipinski definition) is 1. The molecule has 0 unspecified atom stereocenters. The molecular weight excluding hydrogens is 172 g/mol. The monoisotopic (exact) mass is 172 g/mol. The predicted molar refractivity (Wildman–Crippen MR) is 4.43 cm³/mol. The molecule has 0 bridgehead atoms. The van der Waals surface area contributed by atoms with Gasteiger partial charge in [-0.2, -0.15) is 0 Å². The summed E-state index contributed by atoms with van der Waals surface area (Å²) in [5.41, 5.74) is 0. The van der Waals surface area contributed by atoms with Crippen molar-refractivity contribution in [1.29, 1.82) is 0 Å². The van der Waals surface area contributed by atoms with Crippen LogP contribution in [0.3, 0.4) is 0 Å². The van der Waals surface area contributed by atoms with E-state index < -0.39 is 15.6 Å². The molecule has 5 heteroatoms. The van der Waals surface area contributed by atoms with Gasteiger partial charge in [-0.05, 0) is 0 Å². The van der Waals surface area contributed by atoms with Crippen molar-refractivity contribution >= 4 is 0 Å². The normalized spacial score (nSPS) is 5.80. The molecule has 0 aromatic heterocycles. The van der Waals surface area contributed by atoms with E-state index in [4.69, 9.17) is 4.25 Å². The van der Waals surface area contributed by atoms with Gasteiger partial charge in [-0.15, -0.1) is 0 Å². The number of hydrogen-bond acceptors (Lipinski definition) is 1. The van der Waals surface area contributed by atoms with Crippen LogP contribution in [0.1, 0.15) is 0 Å². The molecule has 0 heterocycles. The first-order valence-corrected chi connectivity index (χ1v) is 1.62. The van der Waals surface area contributed by atoms with E-state index >= 15 is 0 Å². The third-order valence-corrected chi connectivity index (χ3v) is 0. The molecule has 0 rings (SSSR count). The zero-order valence-electron chi connectivity index (χ0n) is 1.85. The molecule has 0 fully saturated rings. The standard InChI is InChI=1S/Co.2FH.Ni.H2O/h;2*1H;;1H2/q+2;;;+1;/p-3. The third-order valence-electron chi connectivity index (χ3n) is 0. The third kappa shape index (κ3) is 57.0. The van der Waals surface area contributed by atoms with E-state index in [9.17, 15) is 7.16 Å². The molecule has 0 aliphatic carbocycles. The fourth-order valence-electron chi connectivity index (χ4n) is 0. The van der Waals surface area contributed by atoms with Crippen LogP contribution in [0, 0.1) is 0 Å². The summed E-state index contributed by atoms with van der Waals surface area (Å²) in [4.78, 5) is 0. The Bertz CT molecular complexity index is 9.61. The van der Waals surface area contributed by atoms with Crippen LogP contribution < -0.4 is 0 Å². The van der Waals surface area contributed by atoms with E-state index in [1.807, 2.05) is 0 Å². The fraction of sp³-hybridized carbons (Fsp3) is 0. The van der Waals surface area contributed by atoms with Crippen LogP contribution in [0.15, 0.2) is 0 Å². The zero-order valence-corrected chi connectivity index (χ0v) is 3.88. The second-order valence-electron chi connectivity index (χ2n) is 0.0476. The number of rotatable bonds is 0. The Morgan fingerprint density at radius 1 is 1.40 bits per heavy atom. The summed E-state index contributed by atoms with van der Waals surface area (Å²) in [6.45, 7) is 0. The van der Waals surface area contributed by atoms with Gasteiger partial charge < -0.3 is 0 Å². The molecule has 5 heavy (non-hydrogen) atoms. The minimum atomic E-state index is -1.56. The predicted octanol–water partition coefficient (Wildman–Crippen LogP) is 0.278. The van der Waals surface area contributed by atoms with E-state index in [-0.39, 0.29) is 0 Å². The SMILES string of the molecule is [F][Co][F].[OH][Ni]. The summed E-state index contributed by atoms with van der Waals surface area (Å²) in [6, 6.07) is 0. The summed E-state index contributed by atoms with van der Waals surface area (Å²) in [7, 11) is 0. The summed E-state index contributed by atoms with van der Waals surface area (Å²) < 4.78 is 25.8. The molecule has 0 atom stereocenters. The van der Waals surface area contributed by atoms with Crippen LogP contribution in [-0.4, -0.2) is 4.25 Å². The van der Waals surface area contributed by atoms with Crippen molar-refractivity contribution in [3.05, 3.63) is 0 Å². The van der Waals surface area contributed by atoms with E-state index in [0.29, 0.717) is 0 Å². The van der Waals surface area contributed by atoms with Crippen molar-refractivity contribution in [3.8, 4) is 0 Å². The second-order valence-corrected chi connectivity index (χ2v) is 0.196. The van der Waals surface area contributed by atoms with Crippen molar-refractivity contribution in [2.24, 2.45) is 0 Å². The van der Waals surface area contributed by atoms with Crippen LogP contribution in [0.4, 0.5) is 7.16 Å². The Morgan fingerprint density at radius 3 is 1.40 bits per heavy atom. The Labute approximate surface area is 43.3 Å². The first-order valence-electron chi connectivity index (χ1n) is 0.393. The van der Waals surface area contributed by atoms with Gasteiger partial charge in [0.2, 0.25) is 0 Å². The van der Waals surface area contributed by atoms with E-state index in [1.165, 1.54) is 0 Å². The maximum absolute atomic E-state index is 9.59. The van der Waals surface area contributed by atoms with E-state index in [2.05, 4.69) is 15.8 Å². The van der Waals surface area contributed by atoms with Gasteiger partial charge in [0.15, 0.2) is 0 Å². The Morgan fingerprint density at radius 2 is 1.40 bits per heavy atom. The van der Waals surface area contributed by atoms with Crippen LogP contribution in [0.5, 0.6) is 0 Å². The van der Waals surface area contributed by atoms with Crippen molar-refractivity contribution < 1.29 is 42.8 Å². The molecule has 0 aromatic rings. The summed E-state index contributed by atoms with van der Waals surface area (Å²) in [6.07, 6.45) is 0. The fourth-order valence-corrected chi connectivity index (χ4v) is 0. The average Bonchev–Trinajstić information content (AvgIpc) is 1.46. The quantitative estimate of drug-likeness (QED) is 0.521. The first kappa shape index (κ1) is 9.27. The Kier molecular flexibility index (Phi) is 39.4. The molecule has 0 aliphatic heterocycles. The van der Waals surface area contributed by atoms with E-state index in [1.54, 1.807) is 0 Å². The molecule has 0 radical (unpaired) electrons. The molecule has 1 N–H and O–H groups in total. The van der Waals surface area contributed by atoms with E-state index in [0.717, 1.165) is 0 Å². The summed E-state index contributed by atoms with van der Waals surface area (Å²) in [5, 5.41) is 0. The molecule has 1 nitrogen and oxygen atoms in total. The Balaban J connectivity index is 0. The van der Waals surface area contributed by atoms with Crippen LogP contribution >= 0.6 is 0 Å². The summed E-state index contributed by atoms with van der Waals surface area (Å²) in [5.74, 6) is 0. The van der Waals surface area contributed by atoms with Crippen molar-refractivity contribution in [1.82, 2.24) is 0 Å². The van der Waals surface area contributed by atoms with Gasteiger partial charge in [-0.3, -0.25) is 0 Å². The van der Waals surface area contributed by atoms with Crippen LogP contribution in [0.2, 0.25) is 0 Å². The minimum absolute atomic E-state index is 1.56. The van der Waals surface area contributed by atoms with Crippen molar-refractivity contribution in [3.63, 3.8) is 0 Å². The van der Waals surface area contributed by atoms with Gasteiger partial charge in [0.05, 0.1) is 0 Å². The second kappa shape index (κ2) is 21.2. The van der Waals surface area contributed by atoms with Gasteiger partial charge in [0.25, 0.3) is 0 Å².